The lowest BCUT2D eigenvalue weighted by Crippen LogP contribution is -2.45. The van der Waals surface area contributed by atoms with Gasteiger partial charge in [0.25, 0.3) is 11.6 Å². The van der Waals surface area contributed by atoms with Gasteiger partial charge in [0.2, 0.25) is 5.91 Å². The lowest BCUT2D eigenvalue weighted by molar-refractivity contribution is -0.144. The van der Waals surface area contributed by atoms with Gasteiger partial charge in [-0.3, -0.25) is 9.69 Å². The van der Waals surface area contributed by atoms with Gasteiger partial charge < -0.3 is 5.32 Å². The standard InChI is InChI=1S/C24H31F3N6O/c1-5-32(6-2)19(14-18-10-8-7-9-11-18)15-28-21(34)13-12-20-16(3)29-23-30-22(24(25,26)27)31-33(23)17(20)4/h7-11,19H,5-6,12-15H2,1-4H3,(H,28,34)/t19-/m1/s1. The Hall–Kier alpha value is -3.01. The van der Waals surface area contributed by atoms with Crippen molar-refractivity contribution in [3.8, 4) is 0 Å². The third-order valence-electron chi connectivity index (χ3n) is 6.08. The van der Waals surface area contributed by atoms with Gasteiger partial charge in [-0.25, -0.2) is 9.50 Å². The zero-order valence-corrected chi connectivity index (χ0v) is 20.0. The normalized spacial score (nSPS) is 12.9. The Labute approximate surface area is 197 Å². The summed E-state index contributed by atoms with van der Waals surface area (Å²) < 4.78 is 40.1. The molecule has 0 spiro atoms. The predicted molar refractivity (Wildman–Crippen MR) is 123 cm³/mol. The zero-order chi connectivity index (χ0) is 24.9. The van der Waals surface area contributed by atoms with Crippen molar-refractivity contribution in [1.82, 2.24) is 29.8 Å². The van der Waals surface area contributed by atoms with Gasteiger partial charge in [0, 0.05) is 30.4 Å². The number of nitrogens with one attached hydrogen (secondary N) is 1. The molecule has 184 valence electrons. The molecule has 0 aliphatic carbocycles. The van der Waals surface area contributed by atoms with Crippen LogP contribution >= 0.6 is 0 Å². The van der Waals surface area contributed by atoms with Gasteiger partial charge in [0.05, 0.1) is 0 Å². The summed E-state index contributed by atoms with van der Waals surface area (Å²) in [5, 5.41) is 6.60. The van der Waals surface area contributed by atoms with Crippen LogP contribution in [0.4, 0.5) is 13.2 Å². The molecule has 0 saturated heterocycles. The van der Waals surface area contributed by atoms with Gasteiger partial charge in [-0.1, -0.05) is 44.2 Å². The van der Waals surface area contributed by atoms with Crippen molar-refractivity contribution in [2.75, 3.05) is 19.6 Å². The molecule has 1 N–H and O–H groups in total. The fraction of sp³-hybridized carbons (Fsp3) is 0.500. The van der Waals surface area contributed by atoms with Gasteiger partial charge in [-0.2, -0.15) is 18.2 Å². The molecule has 0 aliphatic heterocycles. The molecule has 1 amide bonds. The highest BCUT2D eigenvalue weighted by Crippen LogP contribution is 2.27. The van der Waals surface area contributed by atoms with Crippen molar-refractivity contribution >= 4 is 11.7 Å². The second kappa shape index (κ2) is 10.9. The number of carbonyl (C=O) groups is 1. The van der Waals surface area contributed by atoms with Crippen LogP contribution in [0.2, 0.25) is 0 Å². The Balaban J connectivity index is 1.66. The first-order valence-corrected chi connectivity index (χ1v) is 11.5. The van der Waals surface area contributed by atoms with Crippen molar-refractivity contribution in [3.05, 3.63) is 58.7 Å². The number of hydrogen-bond acceptors (Lipinski definition) is 5. The van der Waals surface area contributed by atoms with E-state index in [4.69, 9.17) is 0 Å². The molecule has 1 atom stereocenters. The number of benzene rings is 1. The van der Waals surface area contributed by atoms with Crippen molar-refractivity contribution in [1.29, 1.82) is 0 Å². The van der Waals surface area contributed by atoms with Gasteiger partial charge in [0.1, 0.15) is 0 Å². The second-order valence-electron chi connectivity index (χ2n) is 8.27. The zero-order valence-electron chi connectivity index (χ0n) is 20.0. The van der Waals surface area contributed by atoms with Gasteiger partial charge in [-0.15, -0.1) is 5.10 Å². The number of fused-ring (bicyclic) bond motifs is 1. The number of aryl methyl sites for hydroxylation is 2. The molecule has 10 heteroatoms. The summed E-state index contributed by atoms with van der Waals surface area (Å²) in [5.41, 5.74) is 2.96. The third kappa shape index (κ3) is 6.11. The molecule has 2 heterocycles. The predicted octanol–water partition coefficient (Wildman–Crippen LogP) is 3.76. The Bertz CT molecular complexity index is 1110. The Morgan fingerprint density at radius 2 is 1.79 bits per heavy atom. The van der Waals surface area contributed by atoms with Crippen LogP contribution in [0, 0.1) is 13.8 Å². The Morgan fingerprint density at radius 3 is 2.41 bits per heavy atom. The molecule has 0 radical (unpaired) electrons. The molecule has 0 aliphatic rings. The average molecular weight is 477 g/mol. The molecule has 0 bridgehead atoms. The Kier molecular flexibility index (Phi) is 8.24. The van der Waals surface area contributed by atoms with Gasteiger partial charge >= 0.3 is 6.18 Å². The van der Waals surface area contributed by atoms with Crippen molar-refractivity contribution in [3.63, 3.8) is 0 Å². The first-order valence-electron chi connectivity index (χ1n) is 11.5. The van der Waals surface area contributed by atoms with E-state index in [2.05, 4.69) is 51.3 Å². The highest BCUT2D eigenvalue weighted by molar-refractivity contribution is 5.76. The summed E-state index contributed by atoms with van der Waals surface area (Å²) in [7, 11) is 0. The molecule has 0 fully saturated rings. The number of aromatic nitrogens is 4. The maximum Gasteiger partial charge on any atom is 0.453 e. The molecular weight excluding hydrogens is 445 g/mol. The topological polar surface area (TPSA) is 75.4 Å². The highest BCUT2D eigenvalue weighted by atomic mass is 19.4. The summed E-state index contributed by atoms with van der Waals surface area (Å²) in [6, 6.07) is 10.3. The number of alkyl halides is 3. The van der Waals surface area contributed by atoms with E-state index in [-0.39, 0.29) is 24.1 Å². The van der Waals surface area contributed by atoms with Crippen LogP contribution in [0.25, 0.3) is 5.78 Å². The molecule has 34 heavy (non-hydrogen) atoms. The minimum atomic E-state index is -4.64. The molecular formula is C24H31F3N6O. The van der Waals surface area contributed by atoms with Crippen LogP contribution in [0.5, 0.6) is 0 Å². The summed E-state index contributed by atoms with van der Waals surface area (Å²) >= 11 is 0. The highest BCUT2D eigenvalue weighted by Gasteiger charge is 2.37. The van der Waals surface area contributed by atoms with Crippen LogP contribution in [0.3, 0.4) is 0 Å². The van der Waals surface area contributed by atoms with Crippen molar-refractivity contribution < 1.29 is 18.0 Å². The fourth-order valence-electron chi connectivity index (χ4n) is 4.21. The monoisotopic (exact) mass is 476 g/mol. The van der Waals surface area contributed by atoms with E-state index < -0.39 is 12.0 Å². The van der Waals surface area contributed by atoms with E-state index >= 15 is 0 Å². The van der Waals surface area contributed by atoms with Gasteiger partial charge in [-0.05, 0) is 50.9 Å². The van der Waals surface area contributed by atoms with Crippen molar-refractivity contribution in [2.24, 2.45) is 0 Å². The summed E-state index contributed by atoms with van der Waals surface area (Å²) in [6.45, 7) is 9.86. The fourth-order valence-corrected chi connectivity index (χ4v) is 4.21. The van der Waals surface area contributed by atoms with Crippen LogP contribution in [-0.4, -0.2) is 56.1 Å². The van der Waals surface area contributed by atoms with E-state index in [1.807, 2.05) is 18.2 Å². The maximum atomic E-state index is 13.0. The van der Waals surface area contributed by atoms with E-state index in [9.17, 15) is 18.0 Å². The number of amides is 1. The lowest BCUT2D eigenvalue weighted by Gasteiger charge is -2.30. The van der Waals surface area contributed by atoms with E-state index in [1.165, 1.54) is 5.56 Å². The average Bonchev–Trinajstić information content (AvgIpc) is 3.23. The largest absolute Gasteiger partial charge is 0.453 e. The SMILES string of the molecule is CCN(CC)[C@@H](CNC(=O)CCc1c(C)nc2nc(C(F)(F)F)nn2c1C)Cc1ccccc1. The molecule has 2 aromatic heterocycles. The summed E-state index contributed by atoms with van der Waals surface area (Å²) in [6.07, 6.45) is -3.26. The number of carbonyl (C=O) groups excluding carboxylic acids is 1. The maximum absolute atomic E-state index is 13.0. The number of nitrogens with zero attached hydrogens (tertiary/aromatic N) is 5. The van der Waals surface area contributed by atoms with E-state index in [1.54, 1.807) is 13.8 Å². The number of hydrogen-bond donors (Lipinski definition) is 1. The molecule has 7 nitrogen and oxygen atoms in total. The molecule has 1 aromatic carbocycles. The van der Waals surface area contributed by atoms with Gasteiger partial charge in [0.15, 0.2) is 0 Å². The number of halogens is 3. The Morgan fingerprint density at radius 1 is 1.12 bits per heavy atom. The minimum Gasteiger partial charge on any atom is -0.355 e. The summed E-state index contributed by atoms with van der Waals surface area (Å²) in [5.74, 6) is -1.43. The van der Waals surface area contributed by atoms with E-state index in [0.29, 0.717) is 29.9 Å². The van der Waals surface area contributed by atoms with Crippen LogP contribution in [-0.2, 0) is 23.8 Å². The third-order valence-corrected chi connectivity index (χ3v) is 6.08. The quantitative estimate of drug-likeness (QED) is 0.482. The van der Waals surface area contributed by atoms with Crippen LogP contribution < -0.4 is 5.32 Å². The minimum absolute atomic E-state index is 0.0986. The molecule has 0 saturated carbocycles. The van der Waals surface area contributed by atoms with Crippen molar-refractivity contribution in [2.45, 2.75) is 59.2 Å². The molecule has 0 unspecified atom stereocenters. The van der Waals surface area contributed by atoms with Crippen LogP contribution in [0.15, 0.2) is 30.3 Å². The lowest BCUT2D eigenvalue weighted by atomic mass is 10.0. The van der Waals surface area contributed by atoms with Crippen LogP contribution in [0.1, 0.15) is 48.6 Å². The molecule has 3 aromatic rings. The molecule has 3 rings (SSSR count). The first kappa shape index (κ1) is 25.6. The first-order chi connectivity index (χ1) is 16.1. The number of likely N-dealkylation sites (N-methyl/N-ethyl adjacent to an activating group) is 1. The second-order valence-corrected chi connectivity index (χ2v) is 8.27. The smallest absolute Gasteiger partial charge is 0.355 e. The number of rotatable bonds is 10. The van der Waals surface area contributed by atoms with E-state index in [0.717, 1.165) is 24.0 Å². The summed E-state index contributed by atoms with van der Waals surface area (Å²) in [4.78, 5) is 22.6.